The summed E-state index contributed by atoms with van der Waals surface area (Å²) in [4.78, 5) is 12.1. The molecule has 2 rings (SSSR count). The molecular weight excluding hydrogens is 354 g/mol. The molecule has 5 heteroatoms. The third kappa shape index (κ3) is 4.13. The van der Waals surface area contributed by atoms with Gasteiger partial charge >= 0.3 is 5.97 Å². The molecule has 2 aromatic rings. The molecule has 0 saturated carbocycles. The second-order valence-corrected chi connectivity index (χ2v) is 6.77. The molecule has 22 heavy (non-hydrogen) atoms. The first-order valence-corrected chi connectivity index (χ1v) is 7.44. The number of carbonyl (C=O) groups excluding carboxylic acids is 1. The van der Waals surface area contributed by atoms with Crippen LogP contribution in [0.3, 0.4) is 0 Å². The van der Waals surface area contributed by atoms with Crippen LogP contribution in [0.2, 0.25) is 0 Å². The number of hydrogen-bond acceptors (Lipinski definition) is 2. The Balaban J connectivity index is 2.45. The first-order chi connectivity index (χ1) is 10.2. The minimum atomic E-state index is -0.687. The lowest BCUT2D eigenvalue weighted by Crippen LogP contribution is -2.23. The summed E-state index contributed by atoms with van der Waals surface area (Å²) in [6.07, 6.45) is 0. The Kier molecular flexibility index (Phi) is 4.66. The Bertz CT molecular complexity index is 721. The first kappa shape index (κ1) is 16.6. The highest BCUT2D eigenvalue weighted by molar-refractivity contribution is 9.10. The Morgan fingerprint density at radius 1 is 1.09 bits per heavy atom. The molecule has 0 saturated heterocycles. The molecule has 0 aliphatic carbocycles. The van der Waals surface area contributed by atoms with Gasteiger partial charge in [0, 0.05) is 16.1 Å². The van der Waals surface area contributed by atoms with Gasteiger partial charge in [-0.2, -0.15) is 0 Å². The van der Waals surface area contributed by atoms with E-state index in [2.05, 4.69) is 15.9 Å². The van der Waals surface area contributed by atoms with Gasteiger partial charge in [-0.3, -0.25) is 0 Å². The van der Waals surface area contributed by atoms with E-state index in [-0.39, 0.29) is 5.56 Å². The van der Waals surface area contributed by atoms with Gasteiger partial charge in [-0.25, -0.2) is 13.6 Å². The molecule has 0 N–H and O–H groups in total. The molecule has 0 bridgehead atoms. The Hall–Kier alpha value is -1.75. The standard InChI is InChI=1S/C17H15BrF2O2/c1-17(2,3)22-16(21)11-6-10(7-12(18)8-11)14-5-4-13(19)9-15(14)20/h4-9H,1-3H3. The van der Waals surface area contributed by atoms with Gasteiger partial charge in [0.1, 0.15) is 17.2 Å². The lowest BCUT2D eigenvalue weighted by atomic mass is 10.0. The predicted octanol–water partition coefficient (Wildman–Crippen LogP) is 5.35. The largest absolute Gasteiger partial charge is 0.456 e. The number of hydrogen-bond donors (Lipinski definition) is 0. The smallest absolute Gasteiger partial charge is 0.338 e. The number of carbonyl (C=O) groups is 1. The van der Waals surface area contributed by atoms with Crippen LogP contribution in [-0.4, -0.2) is 11.6 Å². The van der Waals surface area contributed by atoms with Gasteiger partial charge in [-0.1, -0.05) is 15.9 Å². The fourth-order valence-electron chi connectivity index (χ4n) is 1.92. The van der Waals surface area contributed by atoms with Crippen molar-refractivity contribution in [3.8, 4) is 11.1 Å². The first-order valence-electron chi connectivity index (χ1n) is 6.65. The van der Waals surface area contributed by atoms with E-state index >= 15 is 0 Å². The number of benzene rings is 2. The van der Waals surface area contributed by atoms with Gasteiger partial charge in [-0.05, 0) is 56.7 Å². The quantitative estimate of drug-likeness (QED) is 0.667. The van der Waals surface area contributed by atoms with Crippen LogP contribution in [0.5, 0.6) is 0 Å². The lowest BCUT2D eigenvalue weighted by molar-refractivity contribution is 0.00695. The summed E-state index contributed by atoms with van der Waals surface area (Å²) < 4.78 is 32.8. The molecular formula is C17H15BrF2O2. The minimum Gasteiger partial charge on any atom is -0.456 e. The fraction of sp³-hybridized carbons (Fsp3) is 0.235. The van der Waals surface area contributed by atoms with Gasteiger partial charge in [0.2, 0.25) is 0 Å². The number of esters is 1. The summed E-state index contributed by atoms with van der Waals surface area (Å²) >= 11 is 3.29. The van der Waals surface area contributed by atoms with Crippen molar-refractivity contribution in [1.29, 1.82) is 0 Å². The second kappa shape index (κ2) is 6.16. The fourth-order valence-corrected chi connectivity index (χ4v) is 2.42. The van der Waals surface area contributed by atoms with Crippen molar-refractivity contribution < 1.29 is 18.3 Å². The van der Waals surface area contributed by atoms with Crippen LogP contribution in [0.1, 0.15) is 31.1 Å². The molecule has 0 aromatic heterocycles. The summed E-state index contributed by atoms with van der Waals surface area (Å²) in [7, 11) is 0. The molecule has 0 aliphatic heterocycles. The predicted molar refractivity (Wildman–Crippen MR) is 84.7 cm³/mol. The van der Waals surface area contributed by atoms with Crippen molar-refractivity contribution in [2.24, 2.45) is 0 Å². The molecule has 0 spiro atoms. The van der Waals surface area contributed by atoms with E-state index < -0.39 is 23.2 Å². The zero-order chi connectivity index (χ0) is 16.5. The summed E-state index contributed by atoms with van der Waals surface area (Å²) in [6, 6.07) is 8.10. The summed E-state index contributed by atoms with van der Waals surface area (Å²) in [5, 5.41) is 0. The third-order valence-corrected chi connectivity index (χ3v) is 3.23. The molecule has 0 radical (unpaired) electrons. The lowest BCUT2D eigenvalue weighted by Gasteiger charge is -2.19. The van der Waals surface area contributed by atoms with E-state index in [1.54, 1.807) is 32.9 Å². The van der Waals surface area contributed by atoms with Crippen LogP contribution in [-0.2, 0) is 4.74 Å². The molecule has 0 heterocycles. The van der Waals surface area contributed by atoms with Gasteiger partial charge in [-0.15, -0.1) is 0 Å². The number of rotatable bonds is 2. The van der Waals surface area contributed by atoms with Crippen LogP contribution in [0, 0.1) is 11.6 Å². The van der Waals surface area contributed by atoms with Crippen LogP contribution >= 0.6 is 15.9 Å². The van der Waals surface area contributed by atoms with Crippen molar-refractivity contribution in [2.75, 3.05) is 0 Å². The van der Waals surface area contributed by atoms with Crippen LogP contribution in [0.25, 0.3) is 11.1 Å². The maximum atomic E-state index is 13.9. The van der Waals surface area contributed by atoms with E-state index in [1.165, 1.54) is 18.2 Å². The van der Waals surface area contributed by atoms with Crippen LogP contribution in [0.15, 0.2) is 40.9 Å². The summed E-state index contributed by atoms with van der Waals surface area (Å²) in [5.74, 6) is -1.84. The van der Waals surface area contributed by atoms with Crippen molar-refractivity contribution in [2.45, 2.75) is 26.4 Å². The van der Waals surface area contributed by atoms with Crippen molar-refractivity contribution in [3.63, 3.8) is 0 Å². The van der Waals surface area contributed by atoms with Gasteiger partial charge in [0.25, 0.3) is 0 Å². The van der Waals surface area contributed by atoms with Gasteiger partial charge < -0.3 is 4.74 Å². The van der Waals surface area contributed by atoms with E-state index in [9.17, 15) is 13.6 Å². The minimum absolute atomic E-state index is 0.215. The Morgan fingerprint density at radius 2 is 1.77 bits per heavy atom. The molecule has 0 atom stereocenters. The van der Waals surface area contributed by atoms with Gasteiger partial charge in [0.15, 0.2) is 0 Å². The van der Waals surface area contributed by atoms with Crippen molar-refractivity contribution >= 4 is 21.9 Å². The monoisotopic (exact) mass is 368 g/mol. The highest BCUT2D eigenvalue weighted by Gasteiger charge is 2.19. The molecule has 0 aliphatic rings. The molecule has 116 valence electrons. The van der Waals surface area contributed by atoms with Crippen molar-refractivity contribution in [1.82, 2.24) is 0 Å². The third-order valence-electron chi connectivity index (χ3n) is 2.77. The average Bonchev–Trinajstić information content (AvgIpc) is 2.35. The normalized spacial score (nSPS) is 11.4. The van der Waals surface area contributed by atoms with E-state index in [0.717, 1.165) is 6.07 Å². The molecule has 0 unspecified atom stereocenters. The van der Waals surface area contributed by atoms with Crippen molar-refractivity contribution in [3.05, 3.63) is 58.1 Å². The van der Waals surface area contributed by atoms with E-state index in [4.69, 9.17) is 4.74 Å². The molecule has 0 amide bonds. The number of ether oxygens (including phenoxy) is 1. The average molecular weight is 369 g/mol. The maximum absolute atomic E-state index is 13.9. The van der Waals surface area contributed by atoms with Gasteiger partial charge in [0.05, 0.1) is 5.56 Å². The zero-order valence-electron chi connectivity index (χ0n) is 12.4. The van der Waals surface area contributed by atoms with Crippen LogP contribution < -0.4 is 0 Å². The highest BCUT2D eigenvalue weighted by atomic mass is 79.9. The molecule has 2 aromatic carbocycles. The molecule has 2 nitrogen and oxygen atoms in total. The molecule has 0 fully saturated rings. The van der Waals surface area contributed by atoms with E-state index in [0.29, 0.717) is 15.6 Å². The zero-order valence-corrected chi connectivity index (χ0v) is 14.0. The Morgan fingerprint density at radius 3 is 2.36 bits per heavy atom. The topological polar surface area (TPSA) is 26.3 Å². The summed E-state index contributed by atoms with van der Waals surface area (Å²) in [6.45, 7) is 5.30. The Labute approximate surface area is 136 Å². The second-order valence-electron chi connectivity index (χ2n) is 5.85. The number of halogens is 3. The van der Waals surface area contributed by atoms with Crippen LogP contribution in [0.4, 0.5) is 8.78 Å². The van der Waals surface area contributed by atoms with E-state index in [1.807, 2.05) is 0 Å². The maximum Gasteiger partial charge on any atom is 0.338 e. The highest BCUT2D eigenvalue weighted by Crippen LogP contribution is 2.28. The summed E-state index contributed by atoms with van der Waals surface area (Å²) in [5.41, 5.74) is 0.351. The SMILES string of the molecule is CC(C)(C)OC(=O)c1cc(Br)cc(-c2ccc(F)cc2F)c1.